The quantitative estimate of drug-likeness (QED) is 0.843. The average molecular weight is 236 g/mol. The monoisotopic (exact) mass is 236 g/mol. The lowest BCUT2D eigenvalue weighted by Crippen LogP contribution is -2.26. The molecule has 0 radical (unpaired) electrons. The van der Waals surface area contributed by atoms with Crippen LogP contribution in [0.2, 0.25) is 0 Å². The first-order valence-electron chi connectivity index (χ1n) is 6.45. The highest BCUT2D eigenvalue weighted by atomic mass is 19.1. The van der Waals surface area contributed by atoms with E-state index in [1.807, 2.05) is 12.1 Å². The Morgan fingerprint density at radius 3 is 2.76 bits per heavy atom. The van der Waals surface area contributed by atoms with Gasteiger partial charge in [0.1, 0.15) is 5.82 Å². The van der Waals surface area contributed by atoms with Gasteiger partial charge in [-0.05, 0) is 49.7 Å². The maximum Gasteiger partial charge on any atom is 0.123 e. The first-order valence-corrected chi connectivity index (χ1v) is 6.45. The van der Waals surface area contributed by atoms with Crippen molar-refractivity contribution in [3.63, 3.8) is 0 Å². The van der Waals surface area contributed by atoms with Crippen molar-refractivity contribution in [2.75, 3.05) is 26.2 Å². The zero-order valence-corrected chi connectivity index (χ0v) is 10.5. The fraction of sp³-hybridized carbons (Fsp3) is 0.571. The molecule has 0 saturated carbocycles. The molecule has 1 atom stereocenters. The second-order valence-electron chi connectivity index (χ2n) is 4.81. The van der Waals surface area contributed by atoms with E-state index in [2.05, 4.69) is 17.1 Å². The van der Waals surface area contributed by atoms with Crippen LogP contribution in [0.1, 0.15) is 18.9 Å². The molecule has 1 unspecified atom stereocenters. The highest BCUT2D eigenvalue weighted by molar-refractivity contribution is 5.15. The summed E-state index contributed by atoms with van der Waals surface area (Å²) in [5.74, 6) is 0.610. The van der Waals surface area contributed by atoms with E-state index in [0.717, 1.165) is 31.1 Å². The minimum Gasteiger partial charge on any atom is -0.312 e. The van der Waals surface area contributed by atoms with Gasteiger partial charge in [-0.1, -0.05) is 19.1 Å². The summed E-state index contributed by atoms with van der Waals surface area (Å²) < 4.78 is 12.7. The van der Waals surface area contributed by atoms with E-state index in [0.29, 0.717) is 0 Å². The van der Waals surface area contributed by atoms with Crippen molar-refractivity contribution in [1.29, 1.82) is 0 Å². The number of nitrogens with zero attached hydrogens (tertiary/aromatic N) is 1. The van der Waals surface area contributed by atoms with Crippen LogP contribution in [-0.4, -0.2) is 31.1 Å². The molecular formula is C14H21FN2. The Labute approximate surface area is 103 Å². The van der Waals surface area contributed by atoms with Gasteiger partial charge in [-0.3, -0.25) is 0 Å². The Kier molecular flexibility index (Phi) is 4.51. The van der Waals surface area contributed by atoms with Crippen molar-refractivity contribution in [2.45, 2.75) is 19.9 Å². The first kappa shape index (κ1) is 12.5. The third-order valence-corrected chi connectivity index (χ3v) is 3.49. The molecule has 0 amide bonds. The molecule has 0 bridgehead atoms. The zero-order valence-electron chi connectivity index (χ0n) is 10.5. The summed E-state index contributed by atoms with van der Waals surface area (Å²) >= 11 is 0. The van der Waals surface area contributed by atoms with Gasteiger partial charge >= 0.3 is 0 Å². The van der Waals surface area contributed by atoms with Crippen LogP contribution in [0.25, 0.3) is 0 Å². The standard InChI is InChI=1S/C14H21FN2/c1-2-17-8-7-13(11-17)10-16-9-12-3-5-14(15)6-4-12/h3-6,13,16H,2,7-11H2,1H3. The highest BCUT2D eigenvalue weighted by Gasteiger charge is 2.20. The molecule has 0 aliphatic carbocycles. The van der Waals surface area contributed by atoms with E-state index in [4.69, 9.17) is 0 Å². The molecule has 1 aliphatic rings. The van der Waals surface area contributed by atoms with E-state index in [1.165, 1.54) is 31.6 Å². The summed E-state index contributed by atoms with van der Waals surface area (Å²) in [7, 11) is 0. The van der Waals surface area contributed by atoms with Crippen LogP contribution in [-0.2, 0) is 6.54 Å². The van der Waals surface area contributed by atoms with E-state index in [9.17, 15) is 4.39 Å². The summed E-state index contributed by atoms with van der Waals surface area (Å²) in [6.45, 7) is 7.73. The van der Waals surface area contributed by atoms with Gasteiger partial charge in [-0.25, -0.2) is 4.39 Å². The molecule has 1 aromatic carbocycles. The van der Waals surface area contributed by atoms with Crippen molar-refractivity contribution >= 4 is 0 Å². The lowest BCUT2D eigenvalue weighted by atomic mass is 10.1. The van der Waals surface area contributed by atoms with Gasteiger partial charge in [-0.2, -0.15) is 0 Å². The van der Waals surface area contributed by atoms with Crippen LogP contribution >= 0.6 is 0 Å². The normalized spacial score (nSPS) is 20.9. The number of halogens is 1. The molecule has 2 rings (SSSR count). The summed E-state index contributed by atoms with van der Waals surface area (Å²) in [4.78, 5) is 2.49. The van der Waals surface area contributed by atoms with Gasteiger partial charge in [0.25, 0.3) is 0 Å². The first-order chi connectivity index (χ1) is 8.28. The number of benzene rings is 1. The molecule has 1 N–H and O–H groups in total. The Balaban J connectivity index is 1.68. The van der Waals surface area contributed by atoms with Gasteiger partial charge in [0.05, 0.1) is 0 Å². The van der Waals surface area contributed by atoms with Crippen LogP contribution in [0.4, 0.5) is 4.39 Å². The molecule has 1 heterocycles. The van der Waals surface area contributed by atoms with Gasteiger partial charge in [0.15, 0.2) is 0 Å². The molecule has 1 saturated heterocycles. The zero-order chi connectivity index (χ0) is 12.1. The van der Waals surface area contributed by atoms with Gasteiger partial charge in [0.2, 0.25) is 0 Å². The van der Waals surface area contributed by atoms with Crippen LogP contribution in [0, 0.1) is 11.7 Å². The number of hydrogen-bond donors (Lipinski definition) is 1. The largest absolute Gasteiger partial charge is 0.312 e. The smallest absolute Gasteiger partial charge is 0.123 e. The molecule has 1 aromatic rings. The van der Waals surface area contributed by atoms with E-state index < -0.39 is 0 Å². The lowest BCUT2D eigenvalue weighted by Gasteiger charge is -2.13. The highest BCUT2D eigenvalue weighted by Crippen LogP contribution is 2.14. The number of likely N-dealkylation sites (tertiary alicyclic amines) is 1. The van der Waals surface area contributed by atoms with Crippen molar-refractivity contribution in [3.05, 3.63) is 35.6 Å². The fourth-order valence-electron chi connectivity index (χ4n) is 2.39. The van der Waals surface area contributed by atoms with E-state index in [1.54, 1.807) is 0 Å². The Hall–Kier alpha value is -0.930. The van der Waals surface area contributed by atoms with Gasteiger partial charge < -0.3 is 10.2 Å². The molecular weight excluding hydrogens is 215 g/mol. The third kappa shape index (κ3) is 3.79. The summed E-state index contributed by atoms with van der Waals surface area (Å²) in [5.41, 5.74) is 1.15. The maximum absolute atomic E-state index is 12.7. The second-order valence-corrected chi connectivity index (χ2v) is 4.81. The van der Waals surface area contributed by atoms with Crippen LogP contribution in [0.15, 0.2) is 24.3 Å². The van der Waals surface area contributed by atoms with E-state index in [-0.39, 0.29) is 5.82 Å². The Bertz CT molecular complexity index is 337. The summed E-state index contributed by atoms with van der Waals surface area (Å²) in [5, 5.41) is 3.46. The van der Waals surface area contributed by atoms with Crippen molar-refractivity contribution in [2.24, 2.45) is 5.92 Å². The number of hydrogen-bond acceptors (Lipinski definition) is 2. The topological polar surface area (TPSA) is 15.3 Å². The summed E-state index contributed by atoms with van der Waals surface area (Å²) in [6, 6.07) is 6.72. The lowest BCUT2D eigenvalue weighted by molar-refractivity contribution is 0.339. The Morgan fingerprint density at radius 2 is 2.12 bits per heavy atom. The molecule has 94 valence electrons. The second kappa shape index (κ2) is 6.12. The predicted octanol–water partition coefficient (Wildman–Crippen LogP) is 2.26. The van der Waals surface area contributed by atoms with Crippen LogP contribution < -0.4 is 5.32 Å². The summed E-state index contributed by atoms with van der Waals surface area (Å²) in [6.07, 6.45) is 1.30. The maximum atomic E-state index is 12.7. The van der Waals surface area contributed by atoms with Crippen LogP contribution in [0.3, 0.4) is 0 Å². The molecule has 1 fully saturated rings. The van der Waals surface area contributed by atoms with Gasteiger partial charge in [0, 0.05) is 13.1 Å². The van der Waals surface area contributed by atoms with Crippen molar-refractivity contribution < 1.29 is 4.39 Å². The number of nitrogens with one attached hydrogen (secondary N) is 1. The molecule has 17 heavy (non-hydrogen) atoms. The molecule has 2 nitrogen and oxygen atoms in total. The predicted molar refractivity (Wildman–Crippen MR) is 68.3 cm³/mol. The fourth-order valence-corrected chi connectivity index (χ4v) is 2.39. The third-order valence-electron chi connectivity index (χ3n) is 3.49. The molecule has 1 aliphatic heterocycles. The minimum atomic E-state index is -0.164. The number of rotatable bonds is 5. The van der Waals surface area contributed by atoms with Gasteiger partial charge in [-0.15, -0.1) is 0 Å². The van der Waals surface area contributed by atoms with Crippen molar-refractivity contribution in [3.8, 4) is 0 Å². The molecule has 3 heteroatoms. The SMILES string of the molecule is CCN1CCC(CNCc2ccc(F)cc2)C1. The minimum absolute atomic E-state index is 0.164. The Morgan fingerprint density at radius 1 is 1.35 bits per heavy atom. The van der Waals surface area contributed by atoms with Crippen LogP contribution in [0.5, 0.6) is 0 Å². The van der Waals surface area contributed by atoms with E-state index >= 15 is 0 Å². The van der Waals surface area contributed by atoms with Crippen molar-refractivity contribution in [1.82, 2.24) is 10.2 Å². The molecule has 0 aromatic heterocycles. The molecule has 0 spiro atoms. The average Bonchev–Trinajstić information content (AvgIpc) is 2.80.